The van der Waals surface area contributed by atoms with Crippen LogP contribution in [0.15, 0.2) is 22.7 Å². The molecule has 0 aliphatic rings. The largest absolute Gasteiger partial charge is 0.397 e. The average Bonchev–Trinajstić information content (AvgIpc) is 2.69. The van der Waals surface area contributed by atoms with E-state index in [-0.39, 0.29) is 5.91 Å². The highest BCUT2D eigenvalue weighted by molar-refractivity contribution is 9.10. The van der Waals surface area contributed by atoms with E-state index in [1.54, 1.807) is 29.8 Å². The lowest BCUT2D eigenvalue weighted by molar-refractivity contribution is -0.119. The fraction of sp³-hybridized carbons (Fsp3) is 0.286. The monoisotopic (exact) mass is 370 g/mol. The van der Waals surface area contributed by atoms with Crippen LogP contribution in [0, 0.1) is 13.8 Å². The van der Waals surface area contributed by atoms with E-state index in [4.69, 9.17) is 17.3 Å². The zero-order valence-electron chi connectivity index (χ0n) is 11.9. The predicted octanol–water partition coefficient (Wildman–Crippen LogP) is 3.70. The number of benzene rings is 1. The van der Waals surface area contributed by atoms with E-state index in [0.717, 1.165) is 15.9 Å². The van der Waals surface area contributed by atoms with Crippen molar-refractivity contribution in [2.75, 3.05) is 11.1 Å². The van der Waals surface area contributed by atoms with Gasteiger partial charge >= 0.3 is 0 Å². The maximum Gasteiger partial charge on any atom is 0.249 e. The molecule has 0 aliphatic carbocycles. The molecule has 2 aromatic rings. The molecule has 3 N–H and O–H groups in total. The molecule has 7 heteroatoms. The highest BCUT2D eigenvalue weighted by Gasteiger charge is 2.21. The van der Waals surface area contributed by atoms with E-state index in [1.807, 2.05) is 13.8 Å². The molecule has 0 aliphatic heterocycles. The molecule has 112 valence electrons. The molecule has 1 atom stereocenters. The fourth-order valence-corrected chi connectivity index (χ4v) is 2.44. The van der Waals surface area contributed by atoms with E-state index < -0.39 is 6.04 Å². The van der Waals surface area contributed by atoms with Crippen LogP contribution in [0.1, 0.15) is 24.4 Å². The lowest BCUT2D eigenvalue weighted by Crippen LogP contribution is -2.25. The predicted molar refractivity (Wildman–Crippen MR) is 88.6 cm³/mol. The van der Waals surface area contributed by atoms with Gasteiger partial charge in [0, 0.05) is 5.02 Å². The van der Waals surface area contributed by atoms with Crippen LogP contribution in [0.3, 0.4) is 0 Å². The third-order valence-electron chi connectivity index (χ3n) is 3.26. The summed E-state index contributed by atoms with van der Waals surface area (Å²) < 4.78 is 2.58. The number of aromatic nitrogens is 2. The number of rotatable bonds is 3. The van der Waals surface area contributed by atoms with Crippen molar-refractivity contribution in [3.8, 4) is 0 Å². The summed E-state index contributed by atoms with van der Waals surface area (Å²) in [6.07, 6.45) is 0. The van der Waals surface area contributed by atoms with Crippen LogP contribution in [0.5, 0.6) is 0 Å². The number of halogens is 2. The van der Waals surface area contributed by atoms with Gasteiger partial charge < -0.3 is 11.1 Å². The number of nitrogens with one attached hydrogen (secondary N) is 1. The zero-order chi connectivity index (χ0) is 15.7. The van der Waals surface area contributed by atoms with Crippen LogP contribution in [0.2, 0.25) is 5.02 Å². The van der Waals surface area contributed by atoms with Crippen LogP contribution < -0.4 is 11.1 Å². The van der Waals surface area contributed by atoms with Gasteiger partial charge in [-0.15, -0.1) is 0 Å². The number of hydrogen-bond donors (Lipinski definition) is 2. The van der Waals surface area contributed by atoms with Crippen LogP contribution >= 0.6 is 27.5 Å². The first kappa shape index (κ1) is 15.9. The van der Waals surface area contributed by atoms with Gasteiger partial charge in [0.15, 0.2) is 0 Å². The van der Waals surface area contributed by atoms with Crippen molar-refractivity contribution in [3.63, 3.8) is 0 Å². The number of amides is 1. The van der Waals surface area contributed by atoms with Gasteiger partial charge in [-0.05, 0) is 54.9 Å². The number of anilines is 2. The van der Waals surface area contributed by atoms with E-state index in [2.05, 4.69) is 26.3 Å². The molecule has 0 radical (unpaired) electrons. The standard InChI is InChI=1S/C14H16BrClN4O/c1-7-13(15)8(2)20(19-7)9(3)14(21)18-12-6-10(16)4-5-11(12)17/h4-6,9H,17H2,1-3H3,(H,18,21). The number of nitrogen functional groups attached to an aromatic ring is 1. The molecular weight excluding hydrogens is 356 g/mol. The Bertz CT molecular complexity index is 699. The van der Waals surface area contributed by atoms with Crippen LogP contribution in [-0.4, -0.2) is 15.7 Å². The van der Waals surface area contributed by atoms with Gasteiger partial charge in [0.2, 0.25) is 5.91 Å². The van der Waals surface area contributed by atoms with Gasteiger partial charge in [0.05, 0.1) is 27.2 Å². The van der Waals surface area contributed by atoms with Gasteiger partial charge in [-0.25, -0.2) is 0 Å². The molecule has 0 spiro atoms. The van der Waals surface area contributed by atoms with Gasteiger partial charge in [-0.1, -0.05) is 11.6 Å². The molecule has 0 fully saturated rings. The van der Waals surface area contributed by atoms with Gasteiger partial charge in [-0.3, -0.25) is 9.48 Å². The van der Waals surface area contributed by atoms with E-state index >= 15 is 0 Å². The smallest absolute Gasteiger partial charge is 0.249 e. The first-order chi connectivity index (χ1) is 9.81. The quantitative estimate of drug-likeness (QED) is 0.808. The number of aryl methyl sites for hydroxylation is 1. The Balaban J connectivity index is 2.23. The Hall–Kier alpha value is -1.53. The Morgan fingerprint density at radius 1 is 1.48 bits per heavy atom. The minimum absolute atomic E-state index is 0.206. The number of hydrogen-bond acceptors (Lipinski definition) is 3. The van der Waals surface area contributed by atoms with Crippen LogP contribution in [0.25, 0.3) is 0 Å². The molecule has 0 saturated heterocycles. The van der Waals surface area contributed by atoms with Crippen LogP contribution in [0.4, 0.5) is 11.4 Å². The minimum Gasteiger partial charge on any atom is -0.397 e. The highest BCUT2D eigenvalue weighted by atomic mass is 79.9. The Kier molecular flexibility index (Phi) is 4.58. The topological polar surface area (TPSA) is 72.9 Å². The minimum atomic E-state index is -0.464. The number of nitrogens with two attached hydrogens (primary N) is 1. The lowest BCUT2D eigenvalue weighted by atomic mass is 10.2. The van der Waals surface area contributed by atoms with E-state index in [9.17, 15) is 4.79 Å². The first-order valence-corrected chi connectivity index (χ1v) is 7.55. The molecule has 0 bridgehead atoms. The van der Waals surface area contributed by atoms with Crippen molar-refractivity contribution < 1.29 is 4.79 Å². The summed E-state index contributed by atoms with van der Waals surface area (Å²) in [5, 5.41) is 7.66. The van der Waals surface area contributed by atoms with Crippen molar-refractivity contribution in [2.24, 2.45) is 0 Å². The van der Waals surface area contributed by atoms with Crippen molar-refractivity contribution in [1.29, 1.82) is 0 Å². The third kappa shape index (κ3) is 3.22. The van der Waals surface area contributed by atoms with Gasteiger partial charge in [0.1, 0.15) is 6.04 Å². The average molecular weight is 372 g/mol. The molecule has 2 rings (SSSR count). The summed E-state index contributed by atoms with van der Waals surface area (Å²) in [5.74, 6) is -0.206. The van der Waals surface area contributed by atoms with Crippen molar-refractivity contribution in [3.05, 3.63) is 39.1 Å². The second-order valence-electron chi connectivity index (χ2n) is 4.83. The Morgan fingerprint density at radius 3 is 2.71 bits per heavy atom. The van der Waals surface area contributed by atoms with E-state index in [1.165, 1.54) is 0 Å². The van der Waals surface area contributed by atoms with Gasteiger partial charge in [0.25, 0.3) is 0 Å². The second kappa shape index (κ2) is 6.07. The first-order valence-electron chi connectivity index (χ1n) is 6.38. The molecule has 5 nitrogen and oxygen atoms in total. The number of carbonyl (C=O) groups is 1. The summed E-state index contributed by atoms with van der Waals surface area (Å²) in [4.78, 5) is 12.4. The third-order valence-corrected chi connectivity index (χ3v) is 4.64. The summed E-state index contributed by atoms with van der Waals surface area (Å²) in [5.41, 5.74) is 8.54. The van der Waals surface area contributed by atoms with E-state index in [0.29, 0.717) is 16.4 Å². The molecule has 1 heterocycles. The Morgan fingerprint density at radius 2 is 2.14 bits per heavy atom. The fourth-order valence-electron chi connectivity index (χ4n) is 2.00. The van der Waals surface area contributed by atoms with Gasteiger partial charge in [-0.2, -0.15) is 5.10 Å². The lowest BCUT2D eigenvalue weighted by Gasteiger charge is -2.15. The molecular formula is C14H16BrClN4O. The van der Waals surface area contributed by atoms with Crippen molar-refractivity contribution in [1.82, 2.24) is 9.78 Å². The number of carbonyl (C=O) groups excluding carboxylic acids is 1. The van der Waals surface area contributed by atoms with Crippen LogP contribution in [-0.2, 0) is 4.79 Å². The maximum absolute atomic E-state index is 12.4. The summed E-state index contributed by atoms with van der Waals surface area (Å²) in [6.45, 7) is 5.57. The second-order valence-corrected chi connectivity index (χ2v) is 6.06. The van der Waals surface area contributed by atoms with Crippen molar-refractivity contribution >= 4 is 44.8 Å². The SMILES string of the molecule is Cc1nn(C(C)C(=O)Nc2cc(Cl)ccc2N)c(C)c1Br. The molecule has 1 unspecified atom stereocenters. The summed E-state index contributed by atoms with van der Waals surface area (Å²) >= 11 is 9.37. The normalized spacial score (nSPS) is 12.2. The summed E-state index contributed by atoms with van der Waals surface area (Å²) in [6, 6.07) is 4.49. The zero-order valence-corrected chi connectivity index (χ0v) is 14.3. The molecule has 1 aromatic carbocycles. The Labute approximate surface area is 136 Å². The molecule has 1 amide bonds. The number of nitrogens with zero attached hydrogens (tertiary/aromatic N) is 2. The molecule has 21 heavy (non-hydrogen) atoms. The molecule has 1 aromatic heterocycles. The highest BCUT2D eigenvalue weighted by Crippen LogP contribution is 2.26. The summed E-state index contributed by atoms with van der Waals surface area (Å²) in [7, 11) is 0. The van der Waals surface area contributed by atoms with Crippen molar-refractivity contribution in [2.45, 2.75) is 26.8 Å². The molecule has 0 saturated carbocycles. The maximum atomic E-state index is 12.4.